The molecule has 0 N–H and O–H groups in total. The highest BCUT2D eigenvalue weighted by atomic mass is 16.5. The Morgan fingerprint density at radius 3 is 2.62 bits per heavy atom. The third kappa shape index (κ3) is 2.70. The fourth-order valence-corrected chi connectivity index (χ4v) is 3.02. The van der Waals surface area contributed by atoms with Gasteiger partial charge in [0.05, 0.1) is 5.69 Å². The van der Waals surface area contributed by atoms with Gasteiger partial charge in [-0.2, -0.15) is 0 Å². The van der Waals surface area contributed by atoms with E-state index in [-0.39, 0.29) is 11.8 Å². The molecule has 0 bridgehead atoms. The summed E-state index contributed by atoms with van der Waals surface area (Å²) < 4.78 is 5.76. The number of amides is 1. The third-order valence-electron chi connectivity index (χ3n) is 4.59. The molecule has 0 radical (unpaired) electrons. The maximum atomic E-state index is 13.1. The van der Waals surface area contributed by atoms with Crippen LogP contribution in [0.3, 0.4) is 0 Å². The van der Waals surface area contributed by atoms with E-state index < -0.39 is 0 Å². The van der Waals surface area contributed by atoms with Gasteiger partial charge in [-0.15, -0.1) is 0 Å². The van der Waals surface area contributed by atoms with Gasteiger partial charge < -0.3 is 14.5 Å². The summed E-state index contributed by atoms with van der Waals surface area (Å²) in [6, 6.07) is 7.85. The summed E-state index contributed by atoms with van der Waals surface area (Å²) in [5.74, 6) is 1.34. The van der Waals surface area contributed by atoms with E-state index in [1.54, 1.807) is 18.1 Å². The van der Waals surface area contributed by atoms with Crippen LogP contribution in [-0.4, -0.2) is 38.6 Å². The van der Waals surface area contributed by atoms with E-state index in [0.29, 0.717) is 6.61 Å². The van der Waals surface area contributed by atoms with Crippen molar-refractivity contribution in [1.29, 1.82) is 0 Å². The summed E-state index contributed by atoms with van der Waals surface area (Å²) in [6.45, 7) is 4.50. The van der Waals surface area contributed by atoms with E-state index in [4.69, 9.17) is 4.74 Å². The van der Waals surface area contributed by atoms with Crippen molar-refractivity contribution in [1.82, 2.24) is 4.98 Å². The number of hydrogen-bond donors (Lipinski definition) is 0. The standard InChI is InChI=1S/C19H23N3O2/c1-12-9-14-15(11-24-17(14)10-13(12)2)19(23)22(5)16-7-6-8-20-18(16)21(3)4/h6-10,15H,11H2,1-5H3/t15-/m0/s1. The number of anilines is 2. The number of pyridine rings is 1. The second-order valence-electron chi connectivity index (χ2n) is 6.48. The first kappa shape index (κ1) is 16.3. The van der Waals surface area contributed by atoms with Crippen molar-refractivity contribution in [3.05, 3.63) is 47.2 Å². The number of rotatable bonds is 3. The van der Waals surface area contributed by atoms with Crippen LogP contribution in [0, 0.1) is 13.8 Å². The predicted molar refractivity (Wildman–Crippen MR) is 96.1 cm³/mol. The molecule has 5 nitrogen and oxygen atoms in total. The maximum absolute atomic E-state index is 13.1. The first-order chi connectivity index (χ1) is 11.4. The molecule has 0 saturated heterocycles. The van der Waals surface area contributed by atoms with Crippen LogP contribution in [0.15, 0.2) is 30.5 Å². The Kier molecular flexibility index (Phi) is 4.18. The average Bonchev–Trinajstić information content (AvgIpc) is 2.96. The molecule has 5 heteroatoms. The third-order valence-corrected chi connectivity index (χ3v) is 4.59. The summed E-state index contributed by atoms with van der Waals surface area (Å²) >= 11 is 0. The van der Waals surface area contributed by atoms with Gasteiger partial charge in [0, 0.05) is 32.9 Å². The van der Waals surface area contributed by atoms with E-state index in [0.717, 1.165) is 22.8 Å². The first-order valence-corrected chi connectivity index (χ1v) is 8.04. The minimum absolute atomic E-state index is 0.0214. The van der Waals surface area contributed by atoms with Gasteiger partial charge in [-0.25, -0.2) is 4.98 Å². The lowest BCUT2D eigenvalue weighted by atomic mass is 9.96. The van der Waals surface area contributed by atoms with Crippen LogP contribution in [0.25, 0.3) is 0 Å². The molecule has 0 unspecified atom stereocenters. The molecule has 0 spiro atoms. The molecule has 126 valence electrons. The number of ether oxygens (including phenoxy) is 1. The molecule has 2 aromatic rings. The number of aromatic nitrogens is 1. The monoisotopic (exact) mass is 325 g/mol. The molecule has 24 heavy (non-hydrogen) atoms. The lowest BCUT2D eigenvalue weighted by molar-refractivity contribution is -0.119. The van der Waals surface area contributed by atoms with Gasteiger partial charge in [0.2, 0.25) is 5.91 Å². The highest BCUT2D eigenvalue weighted by Crippen LogP contribution is 2.38. The van der Waals surface area contributed by atoms with Crippen LogP contribution in [-0.2, 0) is 4.79 Å². The molecule has 1 atom stereocenters. The van der Waals surface area contributed by atoms with Gasteiger partial charge in [0.25, 0.3) is 0 Å². The van der Waals surface area contributed by atoms with E-state index in [2.05, 4.69) is 24.9 Å². The number of likely N-dealkylation sites (N-methyl/N-ethyl adjacent to an activating group) is 1. The fraction of sp³-hybridized carbons (Fsp3) is 0.368. The summed E-state index contributed by atoms with van der Waals surface area (Å²) in [6.07, 6.45) is 1.73. The molecule has 1 aromatic carbocycles. The van der Waals surface area contributed by atoms with Crippen molar-refractivity contribution in [2.75, 3.05) is 37.5 Å². The molecule has 0 fully saturated rings. The normalized spacial score (nSPS) is 15.6. The second kappa shape index (κ2) is 6.15. The Morgan fingerprint density at radius 2 is 1.92 bits per heavy atom. The Labute approximate surface area is 142 Å². The van der Waals surface area contributed by atoms with Crippen LogP contribution in [0.5, 0.6) is 5.75 Å². The highest BCUT2D eigenvalue weighted by Gasteiger charge is 2.34. The van der Waals surface area contributed by atoms with E-state index in [9.17, 15) is 4.79 Å². The largest absolute Gasteiger partial charge is 0.492 e. The van der Waals surface area contributed by atoms with E-state index in [1.807, 2.05) is 37.2 Å². The number of aryl methyl sites for hydroxylation is 2. The smallest absolute Gasteiger partial charge is 0.237 e. The van der Waals surface area contributed by atoms with E-state index in [1.165, 1.54) is 11.1 Å². The van der Waals surface area contributed by atoms with Crippen molar-refractivity contribution in [3.63, 3.8) is 0 Å². The van der Waals surface area contributed by atoms with Crippen molar-refractivity contribution >= 4 is 17.4 Å². The maximum Gasteiger partial charge on any atom is 0.237 e. The Bertz CT molecular complexity index is 786. The summed E-state index contributed by atoms with van der Waals surface area (Å²) in [4.78, 5) is 21.0. The van der Waals surface area contributed by atoms with Crippen LogP contribution < -0.4 is 14.5 Å². The second-order valence-corrected chi connectivity index (χ2v) is 6.48. The highest BCUT2D eigenvalue weighted by molar-refractivity contribution is 6.00. The van der Waals surface area contributed by atoms with Gasteiger partial charge in [-0.3, -0.25) is 4.79 Å². The minimum Gasteiger partial charge on any atom is -0.492 e. The van der Waals surface area contributed by atoms with Gasteiger partial charge >= 0.3 is 0 Å². The van der Waals surface area contributed by atoms with Crippen molar-refractivity contribution in [2.24, 2.45) is 0 Å². The molecule has 1 aromatic heterocycles. The fourth-order valence-electron chi connectivity index (χ4n) is 3.02. The minimum atomic E-state index is -0.278. The van der Waals surface area contributed by atoms with Gasteiger partial charge in [0.1, 0.15) is 18.3 Å². The summed E-state index contributed by atoms with van der Waals surface area (Å²) in [5, 5.41) is 0. The zero-order valence-electron chi connectivity index (χ0n) is 14.8. The van der Waals surface area contributed by atoms with Crippen LogP contribution in [0.2, 0.25) is 0 Å². The molecule has 1 amide bonds. The number of carbonyl (C=O) groups excluding carboxylic acids is 1. The number of carbonyl (C=O) groups is 1. The zero-order chi connectivity index (χ0) is 17.4. The molecule has 0 aliphatic carbocycles. The van der Waals surface area contributed by atoms with Gasteiger partial charge in [-0.05, 0) is 43.2 Å². The van der Waals surface area contributed by atoms with Gasteiger partial charge in [0.15, 0.2) is 5.82 Å². The topological polar surface area (TPSA) is 45.7 Å². The van der Waals surface area contributed by atoms with Crippen molar-refractivity contribution < 1.29 is 9.53 Å². The molecule has 3 rings (SSSR count). The molecular weight excluding hydrogens is 302 g/mol. The molecular formula is C19H23N3O2. The number of benzene rings is 1. The number of nitrogens with zero attached hydrogens (tertiary/aromatic N) is 3. The Balaban J connectivity index is 1.93. The average molecular weight is 325 g/mol. The van der Waals surface area contributed by atoms with Crippen molar-refractivity contribution in [2.45, 2.75) is 19.8 Å². The molecule has 1 aliphatic rings. The van der Waals surface area contributed by atoms with Crippen molar-refractivity contribution in [3.8, 4) is 5.75 Å². The van der Waals surface area contributed by atoms with Crippen LogP contribution >= 0.6 is 0 Å². The first-order valence-electron chi connectivity index (χ1n) is 8.04. The van der Waals surface area contributed by atoms with E-state index >= 15 is 0 Å². The molecule has 2 heterocycles. The number of fused-ring (bicyclic) bond motifs is 1. The van der Waals surface area contributed by atoms with Gasteiger partial charge in [-0.1, -0.05) is 6.07 Å². The van der Waals surface area contributed by atoms with Crippen LogP contribution in [0.1, 0.15) is 22.6 Å². The Hall–Kier alpha value is -2.56. The lowest BCUT2D eigenvalue weighted by Gasteiger charge is -2.25. The molecule has 0 saturated carbocycles. The summed E-state index contributed by atoms with van der Waals surface area (Å²) in [7, 11) is 5.64. The zero-order valence-corrected chi connectivity index (χ0v) is 14.8. The molecule has 1 aliphatic heterocycles. The summed E-state index contributed by atoms with van der Waals surface area (Å²) in [5.41, 5.74) is 4.13. The van der Waals surface area contributed by atoms with Crippen LogP contribution in [0.4, 0.5) is 11.5 Å². The Morgan fingerprint density at radius 1 is 1.21 bits per heavy atom. The predicted octanol–water partition coefficient (Wildman–Crippen LogP) is 2.90. The lowest BCUT2D eigenvalue weighted by Crippen LogP contribution is -2.33. The number of hydrogen-bond acceptors (Lipinski definition) is 4. The SMILES string of the molecule is Cc1cc2c(cc1C)[C@@H](C(=O)N(C)c1cccnc1N(C)C)CO2. The quantitative estimate of drug-likeness (QED) is 0.870.